The largest absolute Gasteiger partial charge is 0.295 e. The van der Waals surface area contributed by atoms with Gasteiger partial charge in [-0.25, -0.2) is 0 Å². The lowest BCUT2D eigenvalue weighted by molar-refractivity contribution is -0.115. The van der Waals surface area contributed by atoms with Crippen LogP contribution in [0.4, 0.5) is 5.69 Å². The van der Waals surface area contributed by atoms with Crippen LogP contribution in [0.5, 0.6) is 0 Å². The number of carbonyl (C=O) groups excluding carboxylic acids is 1. The van der Waals surface area contributed by atoms with Crippen LogP contribution in [0.3, 0.4) is 0 Å². The van der Waals surface area contributed by atoms with Crippen molar-refractivity contribution in [1.82, 2.24) is 0 Å². The van der Waals surface area contributed by atoms with Crippen LogP contribution in [0.2, 0.25) is 10.0 Å². The molecule has 1 amide bonds. The highest BCUT2D eigenvalue weighted by Crippen LogP contribution is 2.44. The van der Waals surface area contributed by atoms with Gasteiger partial charge in [0.1, 0.15) is 5.37 Å². The van der Waals surface area contributed by atoms with Gasteiger partial charge >= 0.3 is 0 Å². The Bertz CT molecular complexity index is 702. The highest BCUT2D eigenvalue weighted by molar-refractivity contribution is 8.00. The second-order valence-electron chi connectivity index (χ2n) is 5.11. The number of aryl methyl sites for hydroxylation is 1. The van der Waals surface area contributed by atoms with Gasteiger partial charge in [0.15, 0.2) is 0 Å². The summed E-state index contributed by atoms with van der Waals surface area (Å²) in [5.41, 5.74) is 3.08. The van der Waals surface area contributed by atoms with Gasteiger partial charge in [-0.3, -0.25) is 9.69 Å². The first-order chi connectivity index (χ1) is 10.6. The molecule has 114 valence electrons. The topological polar surface area (TPSA) is 20.3 Å². The summed E-state index contributed by atoms with van der Waals surface area (Å²) in [6.07, 6.45) is 0.982. The summed E-state index contributed by atoms with van der Waals surface area (Å²) in [7, 11) is 0. The molecule has 2 aromatic carbocycles. The lowest BCUT2D eigenvalue weighted by atomic mass is 10.1. The Labute approximate surface area is 144 Å². The molecule has 1 saturated heterocycles. The molecule has 0 aliphatic carbocycles. The highest BCUT2D eigenvalue weighted by Gasteiger charge is 2.35. The number of hydrogen-bond donors (Lipinski definition) is 0. The maximum Gasteiger partial charge on any atom is 0.238 e. The van der Waals surface area contributed by atoms with E-state index in [0.29, 0.717) is 15.8 Å². The molecule has 22 heavy (non-hydrogen) atoms. The molecule has 0 radical (unpaired) electrons. The fraction of sp³-hybridized carbons (Fsp3) is 0.235. The summed E-state index contributed by atoms with van der Waals surface area (Å²) in [5, 5.41) is 1.08. The molecule has 2 nitrogen and oxygen atoms in total. The molecule has 2 aromatic rings. The van der Waals surface area contributed by atoms with Crippen LogP contribution in [0.15, 0.2) is 42.5 Å². The van der Waals surface area contributed by atoms with E-state index < -0.39 is 0 Å². The number of benzene rings is 2. The summed E-state index contributed by atoms with van der Waals surface area (Å²) in [6, 6.07) is 13.6. The number of halogens is 2. The van der Waals surface area contributed by atoms with E-state index in [-0.39, 0.29) is 11.3 Å². The minimum Gasteiger partial charge on any atom is -0.295 e. The Morgan fingerprint density at radius 2 is 1.91 bits per heavy atom. The van der Waals surface area contributed by atoms with Crippen molar-refractivity contribution in [2.24, 2.45) is 0 Å². The summed E-state index contributed by atoms with van der Waals surface area (Å²) in [4.78, 5) is 14.1. The predicted molar refractivity (Wildman–Crippen MR) is 95.0 cm³/mol. The number of rotatable bonds is 3. The summed E-state index contributed by atoms with van der Waals surface area (Å²) < 4.78 is 0. The molecule has 3 rings (SSSR count). The average molecular weight is 352 g/mol. The lowest BCUT2D eigenvalue weighted by Crippen LogP contribution is -2.27. The highest BCUT2D eigenvalue weighted by atomic mass is 35.5. The van der Waals surface area contributed by atoms with E-state index in [1.807, 2.05) is 29.2 Å². The number of anilines is 1. The molecular formula is C17H15Cl2NOS. The fourth-order valence-electron chi connectivity index (χ4n) is 2.53. The van der Waals surface area contributed by atoms with Crippen LogP contribution in [0.1, 0.15) is 23.4 Å². The van der Waals surface area contributed by atoms with E-state index in [0.717, 1.165) is 17.7 Å². The molecule has 5 heteroatoms. The number of thioether (sulfide) groups is 1. The van der Waals surface area contributed by atoms with Gasteiger partial charge in [-0.15, -0.1) is 11.8 Å². The predicted octanol–water partition coefficient (Wildman–Crippen LogP) is 5.33. The van der Waals surface area contributed by atoms with Gasteiger partial charge in [0.2, 0.25) is 5.91 Å². The van der Waals surface area contributed by atoms with Crippen molar-refractivity contribution in [1.29, 1.82) is 0 Å². The van der Waals surface area contributed by atoms with E-state index in [9.17, 15) is 4.79 Å². The third kappa shape index (κ3) is 2.98. The zero-order valence-electron chi connectivity index (χ0n) is 12.1. The van der Waals surface area contributed by atoms with E-state index in [4.69, 9.17) is 23.2 Å². The van der Waals surface area contributed by atoms with Gasteiger partial charge in [0, 0.05) is 21.3 Å². The van der Waals surface area contributed by atoms with Gasteiger partial charge in [-0.1, -0.05) is 48.3 Å². The SMILES string of the molecule is CCc1ccc(N2C(=O)CS[C@H]2c2ccc(Cl)cc2Cl)cc1. The number of hydrogen-bond acceptors (Lipinski definition) is 2. The summed E-state index contributed by atoms with van der Waals surface area (Å²) in [6.45, 7) is 2.11. The molecule has 0 N–H and O–H groups in total. The Hall–Kier alpha value is -1.16. The van der Waals surface area contributed by atoms with Crippen molar-refractivity contribution in [3.63, 3.8) is 0 Å². The van der Waals surface area contributed by atoms with Crippen molar-refractivity contribution in [2.45, 2.75) is 18.7 Å². The van der Waals surface area contributed by atoms with Crippen LogP contribution >= 0.6 is 35.0 Å². The first kappa shape index (κ1) is 15.7. The maximum absolute atomic E-state index is 12.3. The van der Waals surface area contributed by atoms with E-state index in [1.165, 1.54) is 5.56 Å². The van der Waals surface area contributed by atoms with E-state index in [1.54, 1.807) is 17.8 Å². The Morgan fingerprint density at radius 3 is 2.55 bits per heavy atom. The zero-order valence-corrected chi connectivity index (χ0v) is 14.4. The summed E-state index contributed by atoms with van der Waals surface area (Å²) >= 11 is 13.9. The van der Waals surface area contributed by atoms with Gasteiger partial charge in [-0.2, -0.15) is 0 Å². The molecule has 0 bridgehead atoms. The minimum atomic E-state index is -0.107. The normalized spacial score (nSPS) is 18.0. The lowest BCUT2D eigenvalue weighted by Gasteiger charge is -2.25. The maximum atomic E-state index is 12.3. The van der Waals surface area contributed by atoms with Gasteiger partial charge in [0.05, 0.1) is 5.75 Å². The monoisotopic (exact) mass is 351 g/mol. The number of carbonyl (C=O) groups is 1. The number of amides is 1. The van der Waals surface area contributed by atoms with Crippen molar-refractivity contribution >= 4 is 46.6 Å². The molecule has 1 aliphatic rings. The molecule has 0 saturated carbocycles. The third-order valence-corrected chi connectivity index (χ3v) is 5.48. The fourth-order valence-corrected chi connectivity index (χ4v) is 4.32. The number of nitrogens with zero attached hydrogens (tertiary/aromatic N) is 1. The van der Waals surface area contributed by atoms with Crippen LogP contribution in [-0.4, -0.2) is 11.7 Å². The molecule has 1 atom stereocenters. The Balaban J connectivity index is 1.98. The standard InChI is InChI=1S/C17H15Cl2NOS/c1-2-11-3-6-13(7-4-11)20-16(21)10-22-17(20)14-8-5-12(18)9-15(14)19/h3-9,17H,2,10H2,1H3/t17-/m0/s1. The Kier molecular flexibility index (Phi) is 4.67. The van der Waals surface area contributed by atoms with Crippen molar-refractivity contribution in [2.75, 3.05) is 10.7 Å². The van der Waals surface area contributed by atoms with Crippen molar-refractivity contribution in [3.8, 4) is 0 Å². The molecule has 1 aliphatic heterocycles. The average Bonchev–Trinajstić information content (AvgIpc) is 2.89. The van der Waals surface area contributed by atoms with Gasteiger partial charge in [0.25, 0.3) is 0 Å². The second kappa shape index (κ2) is 6.53. The quantitative estimate of drug-likeness (QED) is 0.744. The van der Waals surface area contributed by atoms with E-state index in [2.05, 4.69) is 19.1 Å². The van der Waals surface area contributed by atoms with Gasteiger partial charge in [-0.05, 0) is 36.2 Å². The van der Waals surface area contributed by atoms with Crippen molar-refractivity contribution < 1.29 is 4.79 Å². The van der Waals surface area contributed by atoms with Crippen LogP contribution < -0.4 is 4.90 Å². The molecular weight excluding hydrogens is 337 g/mol. The Morgan fingerprint density at radius 1 is 1.18 bits per heavy atom. The van der Waals surface area contributed by atoms with Crippen LogP contribution in [0.25, 0.3) is 0 Å². The third-order valence-electron chi connectivity index (χ3n) is 3.72. The van der Waals surface area contributed by atoms with E-state index >= 15 is 0 Å². The zero-order chi connectivity index (χ0) is 15.7. The molecule has 1 heterocycles. The smallest absolute Gasteiger partial charge is 0.238 e. The van der Waals surface area contributed by atoms with Gasteiger partial charge < -0.3 is 0 Å². The first-order valence-electron chi connectivity index (χ1n) is 7.07. The minimum absolute atomic E-state index is 0.102. The molecule has 0 spiro atoms. The second-order valence-corrected chi connectivity index (χ2v) is 7.03. The molecule has 1 fully saturated rings. The summed E-state index contributed by atoms with van der Waals surface area (Å²) in [5.74, 6) is 0.560. The first-order valence-corrected chi connectivity index (χ1v) is 8.88. The van der Waals surface area contributed by atoms with Crippen LogP contribution in [0, 0.1) is 0 Å². The van der Waals surface area contributed by atoms with Crippen LogP contribution in [-0.2, 0) is 11.2 Å². The van der Waals surface area contributed by atoms with Crippen molar-refractivity contribution in [3.05, 3.63) is 63.6 Å². The molecule has 0 unspecified atom stereocenters. The molecule has 0 aromatic heterocycles.